The molecule has 1 saturated heterocycles. The molecule has 0 amide bonds. The number of aliphatic carboxylic acids is 1. The normalized spacial score (nSPS) is 22.9. The van der Waals surface area contributed by atoms with Gasteiger partial charge in [0.25, 0.3) is 0 Å². The van der Waals surface area contributed by atoms with Crippen LogP contribution in [0.5, 0.6) is 0 Å². The van der Waals surface area contributed by atoms with E-state index in [2.05, 4.69) is 24.1 Å². The third-order valence-electron chi connectivity index (χ3n) is 3.52. The molecule has 4 nitrogen and oxygen atoms in total. The molecule has 1 heterocycles. The first-order valence-electron chi connectivity index (χ1n) is 6.46. The van der Waals surface area contributed by atoms with Crippen molar-refractivity contribution in [2.45, 2.75) is 32.5 Å². The van der Waals surface area contributed by atoms with Crippen LogP contribution in [0.3, 0.4) is 0 Å². The second-order valence-corrected chi connectivity index (χ2v) is 5.33. The molecule has 0 saturated carbocycles. The van der Waals surface area contributed by atoms with Crippen molar-refractivity contribution in [1.82, 2.24) is 10.2 Å². The van der Waals surface area contributed by atoms with Gasteiger partial charge in [-0.3, -0.25) is 4.79 Å². The van der Waals surface area contributed by atoms with E-state index in [1.807, 2.05) is 0 Å². The maximum atomic E-state index is 12.4. The van der Waals surface area contributed by atoms with Crippen LogP contribution in [0.25, 0.3) is 0 Å². The molecule has 0 bridgehead atoms. The van der Waals surface area contributed by atoms with E-state index < -0.39 is 24.6 Å². The molecule has 1 fully saturated rings. The summed E-state index contributed by atoms with van der Waals surface area (Å²) in [5.74, 6) is -3.85. The van der Waals surface area contributed by atoms with E-state index in [-0.39, 0.29) is 0 Å². The van der Waals surface area contributed by atoms with Crippen LogP contribution in [0.4, 0.5) is 13.2 Å². The Kier molecular flexibility index (Phi) is 5.61. The van der Waals surface area contributed by atoms with Gasteiger partial charge >= 0.3 is 12.1 Å². The fourth-order valence-corrected chi connectivity index (χ4v) is 2.27. The molecule has 112 valence electrons. The van der Waals surface area contributed by atoms with Gasteiger partial charge in [-0.25, -0.2) is 0 Å². The molecular weight excluding hydrogens is 261 g/mol. The van der Waals surface area contributed by atoms with Crippen LogP contribution in [0, 0.1) is 11.8 Å². The van der Waals surface area contributed by atoms with Gasteiger partial charge in [0.2, 0.25) is 0 Å². The fraction of sp³-hybridized carbons (Fsp3) is 0.917. The molecule has 7 heteroatoms. The molecule has 0 aromatic rings. The van der Waals surface area contributed by atoms with Crippen LogP contribution >= 0.6 is 0 Å². The number of nitrogens with one attached hydrogen (secondary N) is 1. The molecule has 1 aliphatic rings. The highest BCUT2D eigenvalue weighted by atomic mass is 19.4. The molecular formula is C12H21F3N2O2. The Morgan fingerprint density at radius 2 is 2.11 bits per heavy atom. The molecule has 2 N–H and O–H groups in total. The van der Waals surface area contributed by atoms with E-state index in [0.29, 0.717) is 18.5 Å². The number of hydrogen-bond acceptors (Lipinski definition) is 3. The lowest BCUT2D eigenvalue weighted by Gasteiger charge is -2.21. The molecule has 2 atom stereocenters. The monoisotopic (exact) mass is 282 g/mol. The van der Waals surface area contributed by atoms with Gasteiger partial charge in [-0.05, 0) is 39.3 Å². The third kappa shape index (κ3) is 4.99. The summed E-state index contributed by atoms with van der Waals surface area (Å²) < 4.78 is 37.2. The Bertz CT molecular complexity index is 308. The molecule has 0 spiro atoms. The number of carbonyl (C=O) groups is 1. The molecule has 0 aliphatic carbocycles. The number of carboxylic acid groups (broad SMARTS) is 1. The van der Waals surface area contributed by atoms with Gasteiger partial charge in [0.05, 0.1) is 0 Å². The summed E-state index contributed by atoms with van der Waals surface area (Å²) >= 11 is 0. The topological polar surface area (TPSA) is 52.6 Å². The third-order valence-corrected chi connectivity index (χ3v) is 3.52. The van der Waals surface area contributed by atoms with Crippen molar-refractivity contribution in [3.8, 4) is 0 Å². The first-order valence-corrected chi connectivity index (χ1v) is 6.46. The van der Waals surface area contributed by atoms with Gasteiger partial charge in [-0.15, -0.1) is 0 Å². The summed E-state index contributed by atoms with van der Waals surface area (Å²) in [6.07, 6.45) is -3.76. The first-order chi connectivity index (χ1) is 8.71. The minimum absolute atomic E-state index is 0.296. The highest BCUT2D eigenvalue weighted by molar-refractivity contribution is 5.71. The van der Waals surface area contributed by atoms with E-state index in [1.54, 1.807) is 0 Å². The van der Waals surface area contributed by atoms with Crippen LogP contribution in [-0.4, -0.2) is 54.4 Å². The number of carboxylic acids is 1. The molecule has 1 aliphatic heterocycles. The SMILES string of the molecule is CC(C)N1CCC(CNCC(C(=O)O)C(F)(F)F)C1. The Balaban J connectivity index is 2.32. The lowest BCUT2D eigenvalue weighted by atomic mass is 10.1. The molecule has 1 rings (SSSR count). The number of nitrogens with zero attached hydrogens (tertiary/aromatic N) is 1. The summed E-state index contributed by atoms with van der Waals surface area (Å²) in [5.41, 5.74) is 0. The predicted molar refractivity (Wildman–Crippen MR) is 64.9 cm³/mol. The maximum Gasteiger partial charge on any atom is 0.403 e. The van der Waals surface area contributed by atoms with Gasteiger partial charge in [-0.1, -0.05) is 0 Å². The van der Waals surface area contributed by atoms with Crippen molar-refractivity contribution in [3.05, 3.63) is 0 Å². The highest BCUT2D eigenvalue weighted by Crippen LogP contribution is 2.26. The number of likely N-dealkylation sites (tertiary alicyclic amines) is 1. The summed E-state index contributed by atoms with van der Waals surface area (Å²) in [6, 6.07) is 0.437. The maximum absolute atomic E-state index is 12.4. The second kappa shape index (κ2) is 6.56. The smallest absolute Gasteiger partial charge is 0.403 e. The van der Waals surface area contributed by atoms with E-state index >= 15 is 0 Å². The Labute approximate surface area is 111 Å². The lowest BCUT2D eigenvalue weighted by Crippen LogP contribution is -2.40. The lowest BCUT2D eigenvalue weighted by molar-refractivity contribution is -0.192. The van der Waals surface area contributed by atoms with Gasteiger partial charge in [0, 0.05) is 19.1 Å². The van der Waals surface area contributed by atoms with Gasteiger partial charge < -0.3 is 15.3 Å². The van der Waals surface area contributed by atoms with Crippen molar-refractivity contribution in [2.24, 2.45) is 11.8 Å². The van der Waals surface area contributed by atoms with Crippen LogP contribution in [-0.2, 0) is 4.79 Å². The molecule has 0 aromatic heterocycles. The van der Waals surface area contributed by atoms with Gasteiger partial charge in [0.1, 0.15) is 0 Å². The average molecular weight is 282 g/mol. The van der Waals surface area contributed by atoms with E-state index in [4.69, 9.17) is 5.11 Å². The van der Waals surface area contributed by atoms with Crippen molar-refractivity contribution in [1.29, 1.82) is 0 Å². The molecule has 0 aromatic carbocycles. The Morgan fingerprint density at radius 1 is 1.47 bits per heavy atom. The molecule has 2 unspecified atom stereocenters. The average Bonchev–Trinajstić information content (AvgIpc) is 2.70. The molecule has 19 heavy (non-hydrogen) atoms. The second-order valence-electron chi connectivity index (χ2n) is 5.33. The first kappa shape index (κ1) is 16.2. The molecule has 0 radical (unpaired) electrons. The minimum atomic E-state index is -4.70. The predicted octanol–water partition coefficient (Wildman–Crippen LogP) is 1.57. The zero-order valence-corrected chi connectivity index (χ0v) is 11.2. The standard InChI is InChI=1S/C12H21F3N2O2/c1-8(2)17-4-3-9(7-17)5-16-6-10(11(18)19)12(13,14)15/h8-10,16H,3-7H2,1-2H3,(H,18,19). The van der Waals surface area contributed by atoms with E-state index in [0.717, 1.165) is 19.5 Å². The zero-order chi connectivity index (χ0) is 14.6. The summed E-state index contributed by atoms with van der Waals surface area (Å²) in [6.45, 7) is 5.85. The van der Waals surface area contributed by atoms with Crippen LogP contribution in [0.1, 0.15) is 20.3 Å². The number of halogens is 3. The Morgan fingerprint density at radius 3 is 2.53 bits per heavy atom. The van der Waals surface area contributed by atoms with Crippen molar-refractivity contribution < 1.29 is 23.1 Å². The van der Waals surface area contributed by atoms with Crippen LogP contribution in [0.15, 0.2) is 0 Å². The minimum Gasteiger partial charge on any atom is -0.481 e. The van der Waals surface area contributed by atoms with Crippen LogP contribution in [0.2, 0.25) is 0 Å². The Hall–Kier alpha value is -0.820. The fourth-order valence-electron chi connectivity index (χ4n) is 2.27. The zero-order valence-electron chi connectivity index (χ0n) is 11.2. The van der Waals surface area contributed by atoms with E-state index in [9.17, 15) is 18.0 Å². The van der Waals surface area contributed by atoms with E-state index in [1.165, 1.54) is 0 Å². The summed E-state index contributed by atoms with van der Waals surface area (Å²) in [7, 11) is 0. The summed E-state index contributed by atoms with van der Waals surface area (Å²) in [5, 5.41) is 11.2. The largest absolute Gasteiger partial charge is 0.481 e. The quantitative estimate of drug-likeness (QED) is 0.776. The van der Waals surface area contributed by atoms with Gasteiger partial charge in [0.15, 0.2) is 5.92 Å². The number of alkyl halides is 3. The number of rotatable bonds is 6. The van der Waals surface area contributed by atoms with Crippen molar-refractivity contribution >= 4 is 5.97 Å². The van der Waals surface area contributed by atoms with Crippen LogP contribution < -0.4 is 5.32 Å². The van der Waals surface area contributed by atoms with Gasteiger partial charge in [-0.2, -0.15) is 13.2 Å². The van der Waals surface area contributed by atoms with Crippen molar-refractivity contribution in [3.63, 3.8) is 0 Å². The highest BCUT2D eigenvalue weighted by Gasteiger charge is 2.44. The summed E-state index contributed by atoms with van der Waals surface area (Å²) in [4.78, 5) is 12.8. The van der Waals surface area contributed by atoms with Crippen molar-refractivity contribution in [2.75, 3.05) is 26.2 Å². The number of hydrogen-bond donors (Lipinski definition) is 2.